The molecule has 1 heterocycles. The van der Waals surface area contributed by atoms with Crippen molar-refractivity contribution in [3.05, 3.63) is 36.5 Å². The summed E-state index contributed by atoms with van der Waals surface area (Å²) in [7, 11) is 0. The molecule has 20 heavy (non-hydrogen) atoms. The van der Waals surface area contributed by atoms with E-state index in [2.05, 4.69) is 16.9 Å². The van der Waals surface area contributed by atoms with Crippen LogP contribution in [0.5, 0.6) is 5.88 Å². The first kappa shape index (κ1) is 16.0. The SMILES string of the molecule is C=CC(=O)NC(C)(C)COc1ncccc1C(F)(F)F. The molecular formula is C13H15F3N2O2. The molecule has 1 N–H and O–H groups in total. The van der Waals surface area contributed by atoms with Gasteiger partial charge in [-0.05, 0) is 32.1 Å². The lowest BCUT2D eigenvalue weighted by molar-refractivity contribution is -0.139. The zero-order valence-corrected chi connectivity index (χ0v) is 11.1. The lowest BCUT2D eigenvalue weighted by Crippen LogP contribution is -2.47. The third kappa shape index (κ3) is 4.56. The van der Waals surface area contributed by atoms with E-state index >= 15 is 0 Å². The van der Waals surface area contributed by atoms with Gasteiger partial charge in [-0.2, -0.15) is 13.2 Å². The van der Waals surface area contributed by atoms with E-state index in [0.717, 1.165) is 12.1 Å². The van der Waals surface area contributed by atoms with Crippen molar-refractivity contribution in [2.45, 2.75) is 25.6 Å². The van der Waals surface area contributed by atoms with Crippen LogP contribution in [0.25, 0.3) is 0 Å². The molecule has 0 aliphatic rings. The monoisotopic (exact) mass is 288 g/mol. The number of aromatic nitrogens is 1. The van der Waals surface area contributed by atoms with Crippen LogP contribution in [0.15, 0.2) is 31.0 Å². The van der Waals surface area contributed by atoms with Gasteiger partial charge >= 0.3 is 6.18 Å². The molecule has 0 unspecified atom stereocenters. The molecule has 0 bridgehead atoms. The van der Waals surface area contributed by atoms with Crippen LogP contribution in [0.1, 0.15) is 19.4 Å². The van der Waals surface area contributed by atoms with E-state index in [1.54, 1.807) is 13.8 Å². The molecule has 110 valence electrons. The first-order chi connectivity index (χ1) is 9.15. The first-order valence-electron chi connectivity index (χ1n) is 5.75. The highest BCUT2D eigenvalue weighted by Gasteiger charge is 2.35. The molecule has 0 saturated carbocycles. The summed E-state index contributed by atoms with van der Waals surface area (Å²) in [6.45, 7) is 6.37. The van der Waals surface area contributed by atoms with Crippen molar-refractivity contribution in [3.63, 3.8) is 0 Å². The third-order valence-corrected chi connectivity index (χ3v) is 2.29. The summed E-state index contributed by atoms with van der Waals surface area (Å²) in [6.07, 6.45) is -2.26. The second-order valence-corrected chi connectivity index (χ2v) is 4.72. The summed E-state index contributed by atoms with van der Waals surface area (Å²) in [5, 5.41) is 2.54. The van der Waals surface area contributed by atoms with Crippen molar-refractivity contribution in [1.29, 1.82) is 0 Å². The van der Waals surface area contributed by atoms with Crippen LogP contribution in [-0.4, -0.2) is 23.0 Å². The fourth-order valence-corrected chi connectivity index (χ4v) is 1.39. The molecule has 0 saturated heterocycles. The number of rotatable bonds is 5. The average Bonchev–Trinajstić information content (AvgIpc) is 2.35. The number of carbonyl (C=O) groups is 1. The van der Waals surface area contributed by atoms with Crippen LogP contribution in [0.2, 0.25) is 0 Å². The highest BCUT2D eigenvalue weighted by atomic mass is 19.4. The predicted molar refractivity (Wildman–Crippen MR) is 67.2 cm³/mol. The first-order valence-corrected chi connectivity index (χ1v) is 5.75. The largest absolute Gasteiger partial charge is 0.475 e. The topological polar surface area (TPSA) is 51.2 Å². The molecule has 1 aromatic heterocycles. The summed E-state index contributed by atoms with van der Waals surface area (Å²) in [6, 6.07) is 2.07. The fourth-order valence-electron chi connectivity index (χ4n) is 1.39. The van der Waals surface area contributed by atoms with Crippen LogP contribution >= 0.6 is 0 Å². The van der Waals surface area contributed by atoms with Crippen LogP contribution in [0.4, 0.5) is 13.2 Å². The van der Waals surface area contributed by atoms with E-state index in [1.165, 1.54) is 12.3 Å². The number of halogens is 3. The highest BCUT2D eigenvalue weighted by molar-refractivity contribution is 5.87. The molecule has 0 fully saturated rings. The Morgan fingerprint density at radius 2 is 2.15 bits per heavy atom. The zero-order chi connectivity index (χ0) is 15.4. The molecule has 0 aromatic carbocycles. The van der Waals surface area contributed by atoms with Crippen LogP contribution in [0, 0.1) is 0 Å². The van der Waals surface area contributed by atoms with E-state index in [9.17, 15) is 18.0 Å². The summed E-state index contributed by atoms with van der Waals surface area (Å²) in [5.74, 6) is -0.948. The molecule has 0 spiro atoms. The minimum Gasteiger partial charge on any atom is -0.475 e. The zero-order valence-electron chi connectivity index (χ0n) is 11.1. The van der Waals surface area contributed by atoms with Crippen molar-refractivity contribution in [1.82, 2.24) is 10.3 Å². The molecule has 1 rings (SSSR count). The van der Waals surface area contributed by atoms with Gasteiger partial charge in [0.1, 0.15) is 12.2 Å². The Hall–Kier alpha value is -2.05. The quantitative estimate of drug-likeness (QED) is 0.847. The Labute approximate surface area is 114 Å². The second-order valence-electron chi connectivity index (χ2n) is 4.72. The van der Waals surface area contributed by atoms with Gasteiger partial charge in [-0.25, -0.2) is 4.98 Å². The summed E-state index contributed by atoms with van der Waals surface area (Å²) < 4.78 is 43.3. The number of pyridine rings is 1. The van der Waals surface area contributed by atoms with E-state index in [1.807, 2.05) is 0 Å². The highest BCUT2D eigenvalue weighted by Crippen LogP contribution is 2.34. The van der Waals surface area contributed by atoms with Gasteiger partial charge in [-0.1, -0.05) is 6.58 Å². The second kappa shape index (κ2) is 5.94. The van der Waals surface area contributed by atoms with Gasteiger partial charge in [0.25, 0.3) is 0 Å². The van der Waals surface area contributed by atoms with E-state index in [0.29, 0.717) is 0 Å². The van der Waals surface area contributed by atoms with Crippen LogP contribution in [-0.2, 0) is 11.0 Å². The number of alkyl halides is 3. The minimum atomic E-state index is -4.54. The van der Waals surface area contributed by atoms with E-state index < -0.39 is 29.1 Å². The number of hydrogen-bond donors (Lipinski definition) is 1. The van der Waals surface area contributed by atoms with E-state index in [-0.39, 0.29) is 6.61 Å². The van der Waals surface area contributed by atoms with Gasteiger partial charge in [0.2, 0.25) is 11.8 Å². The van der Waals surface area contributed by atoms with Gasteiger partial charge < -0.3 is 10.1 Å². The molecule has 0 radical (unpaired) electrons. The Bertz CT molecular complexity index is 499. The Kier molecular flexibility index (Phi) is 4.75. The lowest BCUT2D eigenvalue weighted by Gasteiger charge is -2.26. The Morgan fingerprint density at radius 1 is 1.50 bits per heavy atom. The van der Waals surface area contributed by atoms with Gasteiger partial charge in [0.05, 0.1) is 5.54 Å². The Balaban J connectivity index is 2.80. The number of carbonyl (C=O) groups excluding carboxylic acids is 1. The molecule has 1 aromatic rings. The van der Waals surface area contributed by atoms with Crippen LogP contribution in [0.3, 0.4) is 0 Å². The molecule has 1 amide bonds. The van der Waals surface area contributed by atoms with Crippen molar-refractivity contribution < 1.29 is 22.7 Å². The Morgan fingerprint density at radius 3 is 2.70 bits per heavy atom. The number of nitrogens with one attached hydrogen (secondary N) is 1. The lowest BCUT2D eigenvalue weighted by atomic mass is 10.1. The minimum absolute atomic E-state index is 0.160. The van der Waals surface area contributed by atoms with Crippen LogP contribution < -0.4 is 10.1 Å². The maximum atomic E-state index is 12.7. The number of hydrogen-bond acceptors (Lipinski definition) is 3. The average molecular weight is 288 g/mol. The molecule has 0 aliphatic carbocycles. The van der Waals surface area contributed by atoms with Gasteiger partial charge in [-0.15, -0.1) is 0 Å². The van der Waals surface area contributed by atoms with Crippen molar-refractivity contribution >= 4 is 5.91 Å². The van der Waals surface area contributed by atoms with Crippen molar-refractivity contribution in [3.8, 4) is 5.88 Å². The number of nitrogens with zero attached hydrogens (tertiary/aromatic N) is 1. The van der Waals surface area contributed by atoms with Crippen molar-refractivity contribution in [2.24, 2.45) is 0 Å². The number of ether oxygens (including phenoxy) is 1. The van der Waals surface area contributed by atoms with Gasteiger partial charge in [0, 0.05) is 6.20 Å². The molecular weight excluding hydrogens is 273 g/mol. The van der Waals surface area contributed by atoms with Gasteiger partial charge in [-0.3, -0.25) is 4.79 Å². The van der Waals surface area contributed by atoms with Gasteiger partial charge in [0.15, 0.2) is 0 Å². The van der Waals surface area contributed by atoms with Crippen molar-refractivity contribution in [2.75, 3.05) is 6.61 Å². The molecule has 0 aliphatic heterocycles. The van der Waals surface area contributed by atoms with E-state index in [4.69, 9.17) is 4.74 Å². The number of amides is 1. The smallest absolute Gasteiger partial charge is 0.421 e. The third-order valence-electron chi connectivity index (χ3n) is 2.29. The maximum absolute atomic E-state index is 12.7. The summed E-state index contributed by atoms with van der Waals surface area (Å²) >= 11 is 0. The summed E-state index contributed by atoms with van der Waals surface area (Å²) in [4.78, 5) is 14.8. The standard InChI is InChI=1S/C13H15F3N2O2/c1-4-10(19)18-12(2,3)8-20-11-9(13(14,15)16)6-5-7-17-11/h4-7H,1,8H2,2-3H3,(H,18,19). The molecule has 7 heteroatoms. The maximum Gasteiger partial charge on any atom is 0.421 e. The fraction of sp³-hybridized carbons (Fsp3) is 0.385. The molecule has 4 nitrogen and oxygen atoms in total. The summed E-state index contributed by atoms with van der Waals surface area (Å²) in [5.41, 5.74) is -1.81. The molecule has 0 atom stereocenters. The normalized spacial score (nSPS) is 11.8. The predicted octanol–water partition coefficient (Wildman–Crippen LogP) is 2.56.